The first-order valence-electron chi connectivity index (χ1n) is 46.5. The summed E-state index contributed by atoms with van der Waals surface area (Å²) in [6.45, 7) is 0. The molecule has 4 aromatic heterocycles. The minimum Gasteiger partial charge on any atom is -0.456 e. The van der Waals surface area contributed by atoms with Gasteiger partial charge < -0.3 is 13.7 Å². The number of rotatable bonds is 9. The van der Waals surface area contributed by atoms with Crippen LogP contribution in [0.1, 0.15) is 44.5 Å². The minimum atomic E-state index is -0.505. The molecule has 626 valence electrons. The van der Waals surface area contributed by atoms with E-state index < -0.39 is 10.8 Å². The fourth-order valence-corrected chi connectivity index (χ4v) is 23.8. The number of hydrogen-bond donors (Lipinski definition) is 0. The zero-order chi connectivity index (χ0) is 88.6. The van der Waals surface area contributed by atoms with E-state index in [0.29, 0.717) is 0 Å². The Labute approximate surface area is 779 Å². The maximum Gasteiger partial charge on any atom is 0.135 e. The van der Waals surface area contributed by atoms with Gasteiger partial charge in [-0.15, -0.1) is 0 Å². The molecule has 0 bridgehead atoms. The van der Waals surface area contributed by atoms with Crippen molar-refractivity contribution in [3.8, 4) is 123 Å². The molecule has 0 radical (unpaired) electrons. The Morgan fingerprint density at radius 2 is 0.474 bits per heavy atom. The Balaban J connectivity index is 0.000000135. The lowest BCUT2D eigenvalue weighted by Gasteiger charge is -2.45. The monoisotopic (exact) mass is 1710 g/mol. The highest BCUT2D eigenvalue weighted by atomic mass is 16.3. The van der Waals surface area contributed by atoms with E-state index >= 15 is 0 Å². The lowest BCUT2D eigenvalue weighted by Crippen LogP contribution is -2.36. The molecule has 21 aromatic carbocycles. The van der Waals surface area contributed by atoms with E-state index in [4.69, 9.17) is 18.8 Å². The number of benzene rings is 21. The zero-order valence-corrected chi connectivity index (χ0v) is 73.3. The standard InChI is InChI=1S/C68H42N2O.C62H37NO/c1-3-17-43(18-4-1)66-51-23-7-8-24-52(51)67(53-35-31-44(40-56(53)66)45-34-38-65-55(39-45)50-22-10-16-30-64(50)71-65)47-33-37-61(69-42-47)46-32-36-58-54(41-46)49-21-9-11-25-57(49)68(58)59-26-12-14-28-62(59)70(48-19-5-2-6-20-48)63-29-15-13-27-60(63)68;1-2-14-38(15-3-1)60-48-20-4-5-21-49(48)61(50-31-26-39(35-52(50)60)40-29-33-59-51(34-40)47-19-9-13-25-58(47)64-59)42-28-32-57(63-37-42)41-27-30-46-45-18-8-12-24-55(45)62(56(46)36-41)53-22-10-6-16-43(53)44-17-7-11-23-54(44)62/h1-42H;1-37H. The Morgan fingerprint density at radius 3 is 0.919 bits per heavy atom. The fraction of sp³-hybridized carbons (Fsp3) is 0.0154. The topological polar surface area (TPSA) is 55.3 Å². The molecule has 0 unspecified atom stereocenters. The number of fused-ring (bicyclic) bond motifs is 29. The number of anilines is 3. The van der Waals surface area contributed by atoms with Gasteiger partial charge >= 0.3 is 0 Å². The Hall–Kier alpha value is -17.6. The van der Waals surface area contributed by atoms with Crippen molar-refractivity contribution in [2.24, 2.45) is 0 Å². The second kappa shape index (κ2) is 30.0. The fourth-order valence-electron chi connectivity index (χ4n) is 23.8. The van der Waals surface area contributed by atoms with E-state index in [1.165, 1.54) is 166 Å². The highest BCUT2D eigenvalue weighted by molar-refractivity contribution is 6.24. The van der Waals surface area contributed by atoms with Gasteiger partial charge in [-0.2, -0.15) is 0 Å². The van der Waals surface area contributed by atoms with E-state index in [-0.39, 0.29) is 0 Å². The van der Waals surface area contributed by atoms with Crippen molar-refractivity contribution in [1.82, 2.24) is 9.97 Å². The minimum absolute atomic E-state index is 0.399. The molecule has 4 aliphatic rings. The smallest absolute Gasteiger partial charge is 0.135 e. The number of nitrogens with zero attached hydrogens (tertiary/aromatic N) is 3. The average molecular weight is 1720 g/mol. The van der Waals surface area contributed by atoms with Crippen LogP contribution in [0.25, 0.3) is 210 Å². The van der Waals surface area contributed by atoms with Crippen molar-refractivity contribution in [3.05, 3.63) is 524 Å². The molecule has 5 heterocycles. The summed E-state index contributed by atoms with van der Waals surface area (Å²) in [7, 11) is 0. The van der Waals surface area contributed by atoms with E-state index in [0.717, 1.165) is 105 Å². The van der Waals surface area contributed by atoms with Crippen LogP contribution in [0.3, 0.4) is 0 Å². The Bertz CT molecular complexity index is 9140. The molecular formula is C130H79N3O2. The van der Waals surface area contributed by atoms with Gasteiger partial charge in [0.25, 0.3) is 0 Å². The molecule has 5 heteroatoms. The molecule has 5 nitrogen and oxygen atoms in total. The van der Waals surface area contributed by atoms with Gasteiger partial charge in [0, 0.05) is 61.9 Å². The lowest BCUT2D eigenvalue weighted by atomic mass is 9.64. The van der Waals surface area contributed by atoms with Gasteiger partial charge in [-0.25, -0.2) is 0 Å². The lowest BCUT2D eigenvalue weighted by molar-refractivity contribution is 0.668. The van der Waals surface area contributed by atoms with Crippen molar-refractivity contribution in [2.75, 3.05) is 4.90 Å². The predicted octanol–water partition coefficient (Wildman–Crippen LogP) is 34.4. The van der Waals surface area contributed by atoms with Crippen molar-refractivity contribution in [3.63, 3.8) is 0 Å². The summed E-state index contributed by atoms with van der Waals surface area (Å²) in [6, 6.07) is 171. The van der Waals surface area contributed by atoms with Crippen molar-refractivity contribution in [1.29, 1.82) is 0 Å². The van der Waals surface area contributed by atoms with Gasteiger partial charge in [0.1, 0.15) is 22.3 Å². The SMILES string of the molecule is c1ccc(-c2c3ccccc3c(-c3ccc(-c4ccc5c(c4)-c4ccccc4C54c5ccccc5N(c5ccccc5)c5ccccc54)nc3)c3ccc(-c4ccc5oc6ccccc6c5c4)cc23)cc1.c1ccc(-c2c3ccccc3c(-c3ccc(-c4ccc5c(c4)C4(c6ccccc6-c6ccccc64)c4ccccc4-5)nc3)c3ccc(-c4ccc5oc6ccccc6c5c4)cc23)cc1. The van der Waals surface area contributed by atoms with Crippen molar-refractivity contribution in [2.45, 2.75) is 10.8 Å². The second-order valence-electron chi connectivity index (χ2n) is 36.2. The van der Waals surface area contributed by atoms with Crippen LogP contribution in [0.5, 0.6) is 0 Å². The first-order chi connectivity index (χ1) is 67.0. The summed E-state index contributed by atoms with van der Waals surface area (Å²) < 4.78 is 12.4. The summed E-state index contributed by atoms with van der Waals surface area (Å²) in [4.78, 5) is 13.1. The van der Waals surface area contributed by atoms with E-state index in [2.05, 4.69) is 460 Å². The predicted molar refractivity (Wildman–Crippen MR) is 558 cm³/mol. The normalized spacial score (nSPS) is 13.1. The molecule has 0 amide bonds. The number of hydrogen-bond acceptors (Lipinski definition) is 5. The number of para-hydroxylation sites is 5. The Kier molecular flexibility index (Phi) is 16.9. The van der Waals surface area contributed by atoms with Crippen LogP contribution < -0.4 is 4.90 Å². The number of aromatic nitrogens is 2. The molecule has 0 saturated carbocycles. The molecule has 1 aliphatic heterocycles. The zero-order valence-electron chi connectivity index (χ0n) is 73.3. The van der Waals surface area contributed by atoms with Crippen LogP contribution >= 0.6 is 0 Å². The van der Waals surface area contributed by atoms with Gasteiger partial charge in [-0.1, -0.05) is 370 Å². The van der Waals surface area contributed by atoms with Gasteiger partial charge in [0.15, 0.2) is 0 Å². The van der Waals surface area contributed by atoms with Crippen molar-refractivity contribution < 1.29 is 8.83 Å². The summed E-state index contributed by atoms with van der Waals surface area (Å²) in [5.74, 6) is 0. The van der Waals surface area contributed by atoms with Crippen LogP contribution in [0.2, 0.25) is 0 Å². The number of furan rings is 2. The molecule has 135 heavy (non-hydrogen) atoms. The average Bonchev–Trinajstić information content (AvgIpc) is 1.52. The van der Waals surface area contributed by atoms with Gasteiger partial charge in [0.2, 0.25) is 0 Å². The molecule has 0 N–H and O–H groups in total. The summed E-state index contributed by atoms with van der Waals surface area (Å²) >= 11 is 0. The molecular weight excluding hydrogens is 1640 g/mol. The molecule has 25 aromatic rings. The van der Waals surface area contributed by atoms with Crippen LogP contribution in [-0.2, 0) is 10.8 Å². The molecule has 0 fully saturated rings. The molecule has 2 spiro atoms. The summed E-state index contributed by atoms with van der Waals surface area (Å²) in [5.41, 5.74) is 42.6. The van der Waals surface area contributed by atoms with E-state index in [1.807, 2.05) is 24.3 Å². The molecule has 0 saturated heterocycles. The van der Waals surface area contributed by atoms with E-state index in [1.54, 1.807) is 0 Å². The van der Waals surface area contributed by atoms with Gasteiger partial charge in [-0.05, 0) is 274 Å². The largest absolute Gasteiger partial charge is 0.456 e. The third-order valence-electron chi connectivity index (χ3n) is 29.4. The maximum atomic E-state index is 6.23. The van der Waals surface area contributed by atoms with Gasteiger partial charge in [0.05, 0.1) is 33.6 Å². The molecule has 3 aliphatic carbocycles. The second-order valence-corrected chi connectivity index (χ2v) is 36.2. The van der Waals surface area contributed by atoms with Crippen LogP contribution in [0, 0.1) is 0 Å². The summed E-state index contributed by atoms with van der Waals surface area (Å²) in [5, 5.41) is 14.1. The third-order valence-corrected chi connectivity index (χ3v) is 29.4. The quantitative estimate of drug-likeness (QED) is 0.135. The highest BCUT2D eigenvalue weighted by Gasteiger charge is 2.54. The Morgan fingerprint density at radius 1 is 0.170 bits per heavy atom. The maximum absolute atomic E-state index is 6.23. The van der Waals surface area contributed by atoms with Gasteiger partial charge in [-0.3, -0.25) is 9.97 Å². The van der Waals surface area contributed by atoms with Crippen LogP contribution in [-0.4, -0.2) is 9.97 Å². The first kappa shape index (κ1) is 76.2. The van der Waals surface area contributed by atoms with E-state index in [9.17, 15) is 0 Å². The summed E-state index contributed by atoms with van der Waals surface area (Å²) in [6.07, 6.45) is 4.17. The highest BCUT2D eigenvalue weighted by Crippen LogP contribution is 2.66. The first-order valence-corrected chi connectivity index (χ1v) is 46.5. The van der Waals surface area contributed by atoms with Crippen molar-refractivity contribution >= 4 is 104 Å². The van der Waals surface area contributed by atoms with Crippen LogP contribution in [0.15, 0.2) is 488 Å². The molecule has 0 atom stereocenters. The van der Waals surface area contributed by atoms with Crippen LogP contribution in [0.4, 0.5) is 17.1 Å². The third kappa shape index (κ3) is 11.3. The number of pyridine rings is 2. The molecule has 29 rings (SSSR count).